The maximum Gasteiger partial charge on any atom is 0.326 e. The molecule has 12 heteroatoms. The highest BCUT2D eigenvalue weighted by Gasteiger charge is 2.31. The number of amides is 3. The fourth-order valence-corrected chi connectivity index (χ4v) is 3.79. The van der Waals surface area contributed by atoms with Crippen LogP contribution in [0.4, 0.5) is 0 Å². The van der Waals surface area contributed by atoms with Crippen LogP contribution in [0.1, 0.15) is 24.1 Å². The van der Waals surface area contributed by atoms with Gasteiger partial charge in [-0.1, -0.05) is 30.3 Å². The SMILES string of the molecule is O=C(O)C(Cc1cnc[nH]1)NC(=O)C(Cc1ccccc1)NC(=O)C(CO)NC(=O)C1CCCN1. The van der Waals surface area contributed by atoms with E-state index in [1.807, 2.05) is 0 Å². The number of imidazole rings is 1. The van der Waals surface area contributed by atoms with Crippen LogP contribution >= 0.6 is 0 Å². The van der Waals surface area contributed by atoms with E-state index in [4.69, 9.17) is 0 Å². The number of nitrogens with zero attached hydrogens (tertiary/aromatic N) is 1. The molecule has 4 atom stereocenters. The number of carbonyl (C=O) groups excluding carboxylic acids is 3. The van der Waals surface area contributed by atoms with Crippen LogP contribution in [-0.2, 0) is 32.0 Å². The predicted octanol–water partition coefficient (Wildman–Crippen LogP) is -1.52. The molecular weight excluding hydrogens is 456 g/mol. The highest BCUT2D eigenvalue weighted by molar-refractivity contribution is 5.94. The standard InChI is InChI=1S/C23H30N6O6/c30-12-19(29-20(31)16-7-4-8-25-16)22(33)27-17(9-14-5-2-1-3-6-14)21(32)28-18(23(34)35)10-15-11-24-13-26-15/h1-3,5-6,11,13,16-19,25,30H,4,7-10,12H2,(H,24,26)(H,27,33)(H,28,32)(H,29,31)(H,34,35). The number of aliphatic carboxylic acids is 1. The second-order valence-corrected chi connectivity index (χ2v) is 8.32. The normalized spacial score (nSPS) is 17.7. The molecule has 0 saturated carbocycles. The first-order valence-electron chi connectivity index (χ1n) is 11.4. The van der Waals surface area contributed by atoms with E-state index in [0.717, 1.165) is 12.0 Å². The highest BCUT2D eigenvalue weighted by Crippen LogP contribution is 2.07. The van der Waals surface area contributed by atoms with Gasteiger partial charge in [-0.15, -0.1) is 0 Å². The minimum Gasteiger partial charge on any atom is -0.480 e. The van der Waals surface area contributed by atoms with Gasteiger partial charge in [0.15, 0.2) is 0 Å². The molecule has 2 heterocycles. The molecule has 1 aromatic heterocycles. The molecule has 7 N–H and O–H groups in total. The van der Waals surface area contributed by atoms with Crippen molar-refractivity contribution >= 4 is 23.7 Å². The Hall–Kier alpha value is -3.77. The summed E-state index contributed by atoms with van der Waals surface area (Å²) in [5.74, 6) is -3.13. The van der Waals surface area contributed by atoms with Crippen LogP contribution in [0.3, 0.4) is 0 Å². The summed E-state index contributed by atoms with van der Waals surface area (Å²) in [6.07, 6.45) is 4.36. The van der Waals surface area contributed by atoms with Crippen LogP contribution in [-0.4, -0.2) is 81.2 Å². The Morgan fingerprint density at radius 3 is 2.31 bits per heavy atom. The molecule has 0 radical (unpaired) electrons. The average molecular weight is 487 g/mol. The van der Waals surface area contributed by atoms with E-state index in [2.05, 4.69) is 31.2 Å². The van der Waals surface area contributed by atoms with Crippen LogP contribution in [0, 0.1) is 0 Å². The predicted molar refractivity (Wildman–Crippen MR) is 124 cm³/mol. The van der Waals surface area contributed by atoms with Gasteiger partial charge in [-0.05, 0) is 24.9 Å². The van der Waals surface area contributed by atoms with Crippen molar-refractivity contribution in [2.75, 3.05) is 13.2 Å². The highest BCUT2D eigenvalue weighted by atomic mass is 16.4. The molecule has 188 valence electrons. The third-order valence-corrected chi connectivity index (χ3v) is 5.70. The number of H-pyrrole nitrogens is 1. The summed E-state index contributed by atoms with van der Waals surface area (Å²) < 4.78 is 0. The van der Waals surface area contributed by atoms with Crippen molar-refractivity contribution in [2.45, 2.75) is 49.9 Å². The van der Waals surface area contributed by atoms with Crippen molar-refractivity contribution in [3.8, 4) is 0 Å². The molecule has 1 saturated heterocycles. The first-order chi connectivity index (χ1) is 16.9. The van der Waals surface area contributed by atoms with Gasteiger partial charge in [0.2, 0.25) is 17.7 Å². The lowest BCUT2D eigenvalue weighted by Gasteiger charge is -2.24. The molecule has 1 aliphatic rings. The number of carbonyl (C=O) groups is 4. The first-order valence-corrected chi connectivity index (χ1v) is 11.4. The van der Waals surface area contributed by atoms with Crippen LogP contribution in [0.5, 0.6) is 0 Å². The van der Waals surface area contributed by atoms with Gasteiger partial charge in [0.05, 0.1) is 19.0 Å². The summed E-state index contributed by atoms with van der Waals surface area (Å²) in [5.41, 5.74) is 1.25. The lowest BCUT2D eigenvalue weighted by atomic mass is 10.0. The number of rotatable bonds is 12. The van der Waals surface area contributed by atoms with Gasteiger partial charge in [0, 0.05) is 24.7 Å². The van der Waals surface area contributed by atoms with Gasteiger partial charge in [0.25, 0.3) is 0 Å². The van der Waals surface area contributed by atoms with E-state index in [1.165, 1.54) is 12.5 Å². The smallest absolute Gasteiger partial charge is 0.326 e. The quantitative estimate of drug-likeness (QED) is 0.188. The van der Waals surface area contributed by atoms with Crippen molar-refractivity contribution in [3.05, 3.63) is 54.1 Å². The van der Waals surface area contributed by atoms with Crippen LogP contribution in [0.15, 0.2) is 42.9 Å². The number of nitrogens with one attached hydrogen (secondary N) is 5. The Kier molecular flexibility index (Phi) is 9.32. The number of benzene rings is 1. The van der Waals surface area contributed by atoms with E-state index < -0.39 is 54.5 Å². The first kappa shape index (κ1) is 25.8. The molecule has 0 bridgehead atoms. The summed E-state index contributed by atoms with van der Waals surface area (Å²) in [6.45, 7) is 0.0260. The summed E-state index contributed by atoms with van der Waals surface area (Å²) in [5, 5.41) is 29.8. The number of aliphatic hydroxyl groups excluding tert-OH is 1. The lowest BCUT2D eigenvalue weighted by Crippen LogP contribution is -2.58. The maximum atomic E-state index is 13.1. The number of hydrogen-bond acceptors (Lipinski definition) is 7. The van der Waals surface area contributed by atoms with Gasteiger partial charge in [0.1, 0.15) is 18.1 Å². The Morgan fingerprint density at radius 2 is 1.71 bits per heavy atom. The molecule has 12 nitrogen and oxygen atoms in total. The van der Waals surface area contributed by atoms with Gasteiger partial charge in [-0.25, -0.2) is 9.78 Å². The fraction of sp³-hybridized carbons (Fsp3) is 0.435. The van der Waals surface area contributed by atoms with Crippen LogP contribution < -0.4 is 21.3 Å². The molecule has 2 aromatic rings. The third kappa shape index (κ3) is 7.62. The van der Waals surface area contributed by atoms with Gasteiger partial charge in [-0.2, -0.15) is 0 Å². The topological polar surface area (TPSA) is 186 Å². The molecule has 0 aliphatic carbocycles. The molecule has 4 unspecified atom stereocenters. The Balaban J connectivity index is 1.71. The Bertz CT molecular complexity index is 993. The lowest BCUT2D eigenvalue weighted by molar-refractivity contribution is -0.142. The summed E-state index contributed by atoms with van der Waals surface area (Å²) in [4.78, 5) is 56.7. The van der Waals surface area contributed by atoms with Crippen molar-refractivity contribution in [3.63, 3.8) is 0 Å². The van der Waals surface area contributed by atoms with E-state index in [1.54, 1.807) is 30.3 Å². The number of carboxylic acid groups (broad SMARTS) is 1. The summed E-state index contributed by atoms with van der Waals surface area (Å²) in [7, 11) is 0. The zero-order valence-corrected chi connectivity index (χ0v) is 19.1. The number of aliphatic hydroxyl groups is 1. The molecule has 1 aliphatic heterocycles. The van der Waals surface area contributed by atoms with E-state index in [0.29, 0.717) is 18.7 Å². The molecular formula is C23H30N6O6. The monoisotopic (exact) mass is 486 g/mol. The number of aromatic amines is 1. The molecule has 1 fully saturated rings. The van der Waals surface area contributed by atoms with E-state index >= 15 is 0 Å². The second kappa shape index (κ2) is 12.6. The fourth-order valence-electron chi connectivity index (χ4n) is 3.79. The summed E-state index contributed by atoms with van der Waals surface area (Å²) in [6, 6.07) is 4.76. The van der Waals surface area contributed by atoms with Crippen LogP contribution in [0.25, 0.3) is 0 Å². The zero-order chi connectivity index (χ0) is 25.2. The van der Waals surface area contributed by atoms with Crippen molar-refractivity contribution in [1.29, 1.82) is 0 Å². The van der Waals surface area contributed by atoms with E-state index in [9.17, 15) is 29.4 Å². The van der Waals surface area contributed by atoms with Gasteiger partial charge in [-0.3, -0.25) is 14.4 Å². The van der Waals surface area contributed by atoms with E-state index in [-0.39, 0.29) is 12.8 Å². The number of aromatic nitrogens is 2. The average Bonchev–Trinajstić information content (AvgIpc) is 3.56. The molecule has 1 aromatic carbocycles. The number of hydrogen-bond donors (Lipinski definition) is 7. The van der Waals surface area contributed by atoms with Crippen LogP contribution in [0.2, 0.25) is 0 Å². The minimum absolute atomic E-state index is 0.0310. The van der Waals surface area contributed by atoms with Gasteiger partial charge >= 0.3 is 5.97 Å². The molecule has 3 amide bonds. The minimum atomic E-state index is -1.27. The van der Waals surface area contributed by atoms with Crippen molar-refractivity contribution in [2.24, 2.45) is 0 Å². The van der Waals surface area contributed by atoms with Crippen molar-refractivity contribution < 1.29 is 29.4 Å². The van der Waals surface area contributed by atoms with Crippen molar-refractivity contribution in [1.82, 2.24) is 31.2 Å². The number of carboxylic acids is 1. The third-order valence-electron chi connectivity index (χ3n) is 5.70. The zero-order valence-electron chi connectivity index (χ0n) is 19.1. The second-order valence-electron chi connectivity index (χ2n) is 8.32. The van der Waals surface area contributed by atoms with Gasteiger partial charge < -0.3 is 36.5 Å². The molecule has 0 spiro atoms. The largest absolute Gasteiger partial charge is 0.480 e. The Morgan fingerprint density at radius 1 is 1.00 bits per heavy atom. The Labute approximate surface area is 201 Å². The maximum absolute atomic E-state index is 13.1. The molecule has 35 heavy (non-hydrogen) atoms. The molecule has 3 rings (SSSR count). The summed E-state index contributed by atoms with van der Waals surface area (Å²) >= 11 is 0.